The van der Waals surface area contributed by atoms with Crippen LogP contribution in [0.1, 0.15) is 12.0 Å². The van der Waals surface area contributed by atoms with Crippen LogP contribution in [0.4, 0.5) is 5.69 Å². The first-order valence-corrected chi connectivity index (χ1v) is 9.74. The Kier molecular flexibility index (Phi) is 4.99. The molecule has 5 nitrogen and oxygen atoms in total. The van der Waals surface area contributed by atoms with Gasteiger partial charge in [0.05, 0.1) is 23.8 Å². The van der Waals surface area contributed by atoms with Crippen molar-refractivity contribution in [1.29, 1.82) is 0 Å². The van der Waals surface area contributed by atoms with E-state index in [9.17, 15) is 4.79 Å². The van der Waals surface area contributed by atoms with Gasteiger partial charge in [-0.3, -0.25) is 4.79 Å². The standard InChI is InChI=1S/C19H15BrN2O3S/c20-13-4-1-2-5-14(13)21-19-22-18(23)17(26-19)11-12-6-7-15-16(10-12)25-9-3-8-24-15/h1-2,4-7,10-11H,3,8-9H2,(H,21,22,23)/b17-11-. The highest BCUT2D eigenvalue weighted by Gasteiger charge is 2.24. The molecule has 0 saturated carbocycles. The lowest BCUT2D eigenvalue weighted by Gasteiger charge is -2.07. The average Bonchev–Trinajstić information content (AvgIpc) is 2.83. The molecule has 1 saturated heterocycles. The van der Waals surface area contributed by atoms with Crippen LogP contribution < -0.4 is 14.8 Å². The fourth-order valence-corrected chi connectivity index (χ4v) is 3.76. The molecule has 0 spiro atoms. The van der Waals surface area contributed by atoms with Crippen molar-refractivity contribution in [3.8, 4) is 11.5 Å². The van der Waals surface area contributed by atoms with Crippen LogP contribution >= 0.6 is 27.7 Å². The van der Waals surface area contributed by atoms with E-state index < -0.39 is 0 Å². The predicted molar refractivity (Wildman–Crippen MR) is 107 cm³/mol. The molecular formula is C19H15BrN2O3S. The largest absolute Gasteiger partial charge is 0.490 e. The van der Waals surface area contributed by atoms with E-state index in [1.807, 2.05) is 48.5 Å². The highest BCUT2D eigenvalue weighted by atomic mass is 79.9. The molecule has 0 unspecified atom stereocenters. The molecule has 2 heterocycles. The normalized spacial score (nSPS) is 19.5. The first kappa shape index (κ1) is 17.2. The number of carbonyl (C=O) groups is 1. The highest BCUT2D eigenvalue weighted by molar-refractivity contribution is 9.10. The second-order valence-corrected chi connectivity index (χ2v) is 7.57. The van der Waals surface area contributed by atoms with Crippen LogP contribution in [0.2, 0.25) is 0 Å². The van der Waals surface area contributed by atoms with Gasteiger partial charge >= 0.3 is 0 Å². The summed E-state index contributed by atoms with van der Waals surface area (Å²) in [6.07, 6.45) is 2.69. The molecule has 2 aliphatic heterocycles. The van der Waals surface area contributed by atoms with Gasteiger partial charge in [-0.25, -0.2) is 4.99 Å². The summed E-state index contributed by atoms with van der Waals surface area (Å²) >= 11 is 4.78. The van der Waals surface area contributed by atoms with Gasteiger partial charge in [0.25, 0.3) is 5.91 Å². The van der Waals surface area contributed by atoms with Crippen LogP contribution in [0.25, 0.3) is 6.08 Å². The summed E-state index contributed by atoms with van der Waals surface area (Å²) < 4.78 is 12.2. The summed E-state index contributed by atoms with van der Waals surface area (Å²) in [6, 6.07) is 13.3. The minimum Gasteiger partial charge on any atom is -0.490 e. The van der Waals surface area contributed by atoms with Gasteiger partial charge in [0.15, 0.2) is 16.7 Å². The van der Waals surface area contributed by atoms with Gasteiger partial charge in [0, 0.05) is 10.9 Å². The van der Waals surface area contributed by atoms with Gasteiger partial charge in [-0.15, -0.1) is 0 Å². The molecule has 7 heteroatoms. The quantitative estimate of drug-likeness (QED) is 0.712. The van der Waals surface area contributed by atoms with Gasteiger partial charge in [0.2, 0.25) is 0 Å². The highest BCUT2D eigenvalue weighted by Crippen LogP contribution is 2.34. The van der Waals surface area contributed by atoms with Crippen molar-refractivity contribution in [3.63, 3.8) is 0 Å². The first-order valence-electron chi connectivity index (χ1n) is 8.13. The van der Waals surface area contributed by atoms with E-state index in [0.29, 0.717) is 29.0 Å². The number of carbonyl (C=O) groups excluding carboxylic acids is 1. The second-order valence-electron chi connectivity index (χ2n) is 5.69. The number of hydrogen-bond acceptors (Lipinski definition) is 5. The first-order chi connectivity index (χ1) is 12.7. The van der Waals surface area contributed by atoms with E-state index in [-0.39, 0.29) is 5.91 Å². The Balaban J connectivity index is 1.58. The number of rotatable bonds is 2. The van der Waals surface area contributed by atoms with Crippen molar-refractivity contribution < 1.29 is 14.3 Å². The van der Waals surface area contributed by atoms with Crippen LogP contribution in [-0.4, -0.2) is 24.3 Å². The number of aliphatic imine (C=N–C) groups is 1. The van der Waals surface area contributed by atoms with Crippen molar-refractivity contribution >= 4 is 50.5 Å². The third-order valence-corrected chi connectivity index (χ3v) is 5.38. The number of ether oxygens (including phenoxy) is 2. The van der Waals surface area contributed by atoms with Crippen molar-refractivity contribution in [3.05, 3.63) is 57.4 Å². The van der Waals surface area contributed by atoms with Crippen LogP contribution in [0.3, 0.4) is 0 Å². The number of hydrogen-bond donors (Lipinski definition) is 1. The van der Waals surface area contributed by atoms with E-state index in [0.717, 1.165) is 27.9 Å². The van der Waals surface area contributed by atoms with Gasteiger partial charge in [0.1, 0.15) is 0 Å². The molecule has 2 aromatic carbocycles. The summed E-state index contributed by atoms with van der Waals surface area (Å²) in [7, 11) is 0. The van der Waals surface area contributed by atoms with Crippen LogP contribution in [-0.2, 0) is 4.79 Å². The van der Waals surface area contributed by atoms with Crippen molar-refractivity contribution in [2.45, 2.75) is 6.42 Å². The molecular weight excluding hydrogens is 416 g/mol. The number of fused-ring (bicyclic) bond motifs is 1. The van der Waals surface area contributed by atoms with Crippen molar-refractivity contribution in [1.82, 2.24) is 5.32 Å². The third kappa shape index (κ3) is 3.78. The Hall–Kier alpha value is -2.25. The molecule has 26 heavy (non-hydrogen) atoms. The Morgan fingerprint density at radius 2 is 1.92 bits per heavy atom. The van der Waals surface area contributed by atoms with E-state index in [4.69, 9.17) is 9.47 Å². The number of benzene rings is 2. The van der Waals surface area contributed by atoms with Crippen LogP contribution in [0.15, 0.2) is 56.8 Å². The topological polar surface area (TPSA) is 59.9 Å². The molecule has 2 aliphatic rings. The summed E-state index contributed by atoms with van der Waals surface area (Å²) in [6.45, 7) is 1.28. The fourth-order valence-electron chi connectivity index (χ4n) is 2.55. The van der Waals surface area contributed by atoms with Gasteiger partial charge in [-0.2, -0.15) is 0 Å². The average molecular weight is 431 g/mol. The van der Waals surface area contributed by atoms with Gasteiger partial charge in [-0.05, 0) is 63.6 Å². The summed E-state index contributed by atoms with van der Waals surface area (Å²) in [5.74, 6) is 1.29. The Bertz CT molecular complexity index is 927. The fraction of sp³-hybridized carbons (Fsp3) is 0.158. The second kappa shape index (κ2) is 7.55. The molecule has 0 aromatic heterocycles. The maximum absolute atomic E-state index is 12.3. The number of amides is 1. The molecule has 0 aliphatic carbocycles. The number of nitrogens with one attached hydrogen (secondary N) is 1. The SMILES string of the molecule is O=C1NC(=Nc2ccccc2Br)S/C1=C\c1ccc2c(c1)OCCCO2. The van der Waals surface area contributed by atoms with Gasteiger partial charge < -0.3 is 14.8 Å². The lowest BCUT2D eigenvalue weighted by molar-refractivity contribution is -0.115. The molecule has 0 bridgehead atoms. The Morgan fingerprint density at radius 3 is 2.77 bits per heavy atom. The molecule has 1 amide bonds. The molecule has 132 valence electrons. The van der Waals surface area contributed by atoms with Crippen molar-refractivity contribution in [2.24, 2.45) is 4.99 Å². The maximum Gasteiger partial charge on any atom is 0.264 e. The van der Waals surface area contributed by atoms with Gasteiger partial charge in [-0.1, -0.05) is 18.2 Å². The number of para-hydroxylation sites is 1. The monoisotopic (exact) mass is 430 g/mol. The Labute approximate surface area is 163 Å². The number of halogens is 1. The number of amidine groups is 1. The predicted octanol–water partition coefficient (Wildman–Crippen LogP) is 4.50. The zero-order chi connectivity index (χ0) is 17.9. The van der Waals surface area contributed by atoms with E-state index >= 15 is 0 Å². The summed E-state index contributed by atoms with van der Waals surface area (Å²) in [5.41, 5.74) is 1.65. The van der Waals surface area contributed by atoms with E-state index in [1.54, 1.807) is 0 Å². The molecule has 0 atom stereocenters. The molecule has 0 radical (unpaired) electrons. The van der Waals surface area contributed by atoms with Crippen LogP contribution in [0.5, 0.6) is 11.5 Å². The van der Waals surface area contributed by atoms with E-state index in [2.05, 4.69) is 26.2 Å². The molecule has 2 aromatic rings. The molecule has 1 N–H and O–H groups in total. The summed E-state index contributed by atoms with van der Waals surface area (Å²) in [5, 5.41) is 3.36. The lowest BCUT2D eigenvalue weighted by Crippen LogP contribution is -2.19. The zero-order valence-electron chi connectivity index (χ0n) is 13.7. The van der Waals surface area contributed by atoms with E-state index in [1.165, 1.54) is 11.8 Å². The summed E-state index contributed by atoms with van der Waals surface area (Å²) in [4.78, 5) is 17.3. The maximum atomic E-state index is 12.3. The molecule has 1 fully saturated rings. The Morgan fingerprint density at radius 1 is 1.12 bits per heavy atom. The third-order valence-electron chi connectivity index (χ3n) is 3.79. The van der Waals surface area contributed by atoms with Crippen molar-refractivity contribution in [2.75, 3.05) is 13.2 Å². The zero-order valence-corrected chi connectivity index (χ0v) is 16.1. The number of nitrogens with zero attached hydrogens (tertiary/aromatic N) is 1. The number of thioether (sulfide) groups is 1. The van der Waals surface area contributed by atoms with Crippen LogP contribution in [0, 0.1) is 0 Å². The molecule has 4 rings (SSSR count). The minimum absolute atomic E-state index is 0.159. The lowest BCUT2D eigenvalue weighted by atomic mass is 10.2. The smallest absolute Gasteiger partial charge is 0.264 e. The minimum atomic E-state index is -0.159.